The minimum Gasteiger partial charge on any atom is -0.320 e. The van der Waals surface area contributed by atoms with E-state index in [-0.39, 0.29) is 0 Å². The minimum absolute atomic E-state index is 0.408. The molecule has 0 fully saturated rings. The number of benzene rings is 2. The summed E-state index contributed by atoms with van der Waals surface area (Å²) in [6.07, 6.45) is 11.8. The molecule has 0 N–H and O–H groups in total. The van der Waals surface area contributed by atoms with Crippen LogP contribution >= 0.6 is 15.9 Å². The van der Waals surface area contributed by atoms with Gasteiger partial charge in [-0.2, -0.15) is 0 Å². The predicted octanol–water partition coefficient (Wildman–Crippen LogP) is 6.74. The fraction of sp³-hybridized carbons (Fsp3) is 0.417. The summed E-state index contributed by atoms with van der Waals surface area (Å²) in [6.45, 7) is 3.16. The molecule has 3 aromatic rings. The van der Waals surface area contributed by atoms with E-state index in [1.54, 1.807) is 12.7 Å². The number of aryl methyl sites for hydroxylation is 1. The van der Waals surface area contributed by atoms with Crippen molar-refractivity contribution >= 4 is 26.7 Å². The molecule has 2 aromatic carbocycles. The lowest BCUT2D eigenvalue weighted by atomic mass is 9.89. The third kappa shape index (κ3) is 6.61. The number of aromatic nitrogens is 3. The molecule has 30 heavy (non-hydrogen) atoms. The first-order valence-electron chi connectivity index (χ1n) is 10.8. The second-order valence-corrected chi connectivity index (χ2v) is 10.0. The van der Waals surface area contributed by atoms with Gasteiger partial charge < -0.3 is 4.57 Å². The molecule has 160 valence electrons. The summed E-state index contributed by atoms with van der Waals surface area (Å²) in [5.41, 5.74) is 1.23. The zero-order valence-corrected chi connectivity index (χ0v) is 19.9. The normalized spacial score (nSPS) is 13.3. The molecular formula is C24H30BrN3OS. The number of nitrogens with zero attached hydrogens (tertiary/aromatic N) is 3. The zero-order valence-electron chi connectivity index (χ0n) is 17.5. The Bertz CT molecular complexity index is 930. The molecule has 4 nitrogen and oxygen atoms in total. The van der Waals surface area contributed by atoms with Crippen LogP contribution in [0.1, 0.15) is 63.4 Å². The molecular weight excluding hydrogens is 458 g/mol. The molecule has 1 heterocycles. The topological polar surface area (TPSA) is 47.8 Å². The summed E-state index contributed by atoms with van der Waals surface area (Å²) in [4.78, 5) is 1.78. The van der Waals surface area contributed by atoms with E-state index in [2.05, 4.69) is 45.2 Å². The van der Waals surface area contributed by atoms with Gasteiger partial charge in [0.2, 0.25) is 0 Å². The van der Waals surface area contributed by atoms with Crippen molar-refractivity contribution in [3.8, 4) is 0 Å². The Labute approximate surface area is 190 Å². The molecule has 6 heteroatoms. The average Bonchev–Trinajstić information content (AvgIpc) is 3.28. The maximum absolute atomic E-state index is 13.4. The first-order chi connectivity index (χ1) is 14.7. The number of hydrogen-bond acceptors (Lipinski definition) is 3. The molecule has 0 aliphatic rings. The van der Waals surface area contributed by atoms with E-state index in [4.69, 9.17) is 0 Å². The van der Waals surface area contributed by atoms with Crippen molar-refractivity contribution in [3.05, 3.63) is 71.2 Å². The Morgan fingerprint density at radius 2 is 1.73 bits per heavy atom. The minimum atomic E-state index is -1.19. The summed E-state index contributed by atoms with van der Waals surface area (Å²) in [6, 6.07) is 16.1. The third-order valence-corrected chi connectivity index (χ3v) is 7.36. The highest BCUT2D eigenvalue weighted by atomic mass is 79.9. The molecule has 3 rings (SSSR count). The van der Waals surface area contributed by atoms with Gasteiger partial charge in [-0.25, -0.2) is 4.21 Å². The van der Waals surface area contributed by atoms with Gasteiger partial charge in [-0.3, -0.25) is 0 Å². The number of unbranched alkanes of at least 4 members (excludes halogenated alkanes) is 3. The van der Waals surface area contributed by atoms with E-state index >= 15 is 0 Å². The lowest BCUT2D eigenvalue weighted by molar-refractivity contribution is 0.484. The largest absolute Gasteiger partial charge is 0.320 e. The second kappa shape index (κ2) is 12.2. The van der Waals surface area contributed by atoms with Gasteiger partial charge >= 0.3 is 0 Å². The van der Waals surface area contributed by atoms with Gasteiger partial charge in [0.1, 0.15) is 12.7 Å². The summed E-state index contributed by atoms with van der Waals surface area (Å²) in [5, 5.41) is 7.79. The van der Waals surface area contributed by atoms with Gasteiger partial charge in [0.15, 0.2) is 0 Å². The molecule has 0 amide bonds. The first kappa shape index (κ1) is 22.9. The van der Waals surface area contributed by atoms with Crippen LogP contribution in [0.15, 0.2) is 75.4 Å². The van der Waals surface area contributed by atoms with Crippen LogP contribution in [0.25, 0.3) is 0 Å². The molecule has 0 bridgehead atoms. The quantitative estimate of drug-likeness (QED) is 0.265. The monoisotopic (exact) mass is 487 g/mol. The summed E-state index contributed by atoms with van der Waals surface area (Å²) in [7, 11) is -1.19. The lowest BCUT2D eigenvalue weighted by Gasteiger charge is -2.21. The second-order valence-electron chi connectivity index (χ2n) is 7.65. The van der Waals surface area contributed by atoms with E-state index in [1.807, 2.05) is 41.0 Å². The summed E-state index contributed by atoms with van der Waals surface area (Å²) in [5.74, 6) is 0.408. The van der Waals surface area contributed by atoms with Crippen LogP contribution in [0, 0.1) is 0 Å². The first-order valence-corrected chi connectivity index (χ1v) is 12.7. The van der Waals surface area contributed by atoms with Gasteiger partial charge in [-0.15, -0.1) is 10.2 Å². The Morgan fingerprint density at radius 3 is 2.50 bits per heavy atom. The molecule has 0 saturated carbocycles. The molecule has 0 spiro atoms. The Balaban J connectivity index is 1.79. The van der Waals surface area contributed by atoms with E-state index < -0.39 is 10.8 Å². The van der Waals surface area contributed by atoms with Crippen LogP contribution in [0.2, 0.25) is 0 Å². The highest BCUT2D eigenvalue weighted by Crippen LogP contribution is 2.33. The highest BCUT2D eigenvalue weighted by Gasteiger charge is 2.19. The van der Waals surface area contributed by atoms with Crippen molar-refractivity contribution in [2.24, 2.45) is 0 Å². The van der Waals surface area contributed by atoms with Crippen LogP contribution in [0.4, 0.5) is 0 Å². The van der Waals surface area contributed by atoms with Crippen molar-refractivity contribution in [3.63, 3.8) is 0 Å². The SMILES string of the molecule is CCCCCCC(CCCn1cnnc1)c1ccccc1S(=O)c1cccc(Br)c1. The van der Waals surface area contributed by atoms with Crippen molar-refractivity contribution in [2.45, 2.75) is 74.1 Å². The van der Waals surface area contributed by atoms with Crippen molar-refractivity contribution in [2.75, 3.05) is 0 Å². The van der Waals surface area contributed by atoms with E-state index in [9.17, 15) is 4.21 Å². The summed E-state index contributed by atoms with van der Waals surface area (Å²) < 4.78 is 16.4. The Hall–Kier alpha value is -1.79. The Kier molecular flexibility index (Phi) is 9.27. The van der Waals surface area contributed by atoms with E-state index in [1.165, 1.54) is 31.2 Å². The average molecular weight is 488 g/mol. The van der Waals surface area contributed by atoms with E-state index in [0.29, 0.717) is 5.92 Å². The maximum Gasteiger partial charge on any atom is 0.119 e. The van der Waals surface area contributed by atoms with Crippen LogP contribution in [0.3, 0.4) is 0 Å². The fourth-order valence-corrected chi connectivity index (χ4v) is 5.72. The maximum atomic E-state index is 13.4. The molecule has 0 aliphatic carbocycles. The van der Waals surface area contributed by atoms with Crippen LogP contribution in [-0.2, 0) is 17.3 Å². The standard InChI is InChI=1S/C24H30BrN3OS/c1-2-3-4-5-10-20(11-9-16-28-18-26-27-19-28)23-14-6-7-15-24(23)30(29)22-13-8-12-21(25)17-22/h6-8,12-15,17-20H,2-5,9-11,16H2,1H3. The number of halogens is 1. The van der Waals surface area contributed by atoms with Gasteiger partial charge in [0, 0.05) is 20.8 Å². The van der Waals surface area contributed by atoms with Crippen LogP contribution < -0.4 is 0 Å². The Morgan fingerprint density at radius 1 is 0.967 bits per heavy atom. The molecule has 1 aromatic heterocycles. The zero-order chi connectivity index (χ0) is 21.2. The lowest BCUT2D eigenvalue weighted by Crippen LogP contribution is -2.07. The van der Waals surface area contributed by atoms with Gasteiger partial charge in [-0.05, 0) is 55.0 Å². The third-order valence-electron chi connectivity index (χ3n) is 5.41. The molecule has 0 radical (unpaired) electrons. The molecule has 0 saturated heterocycles. The molecule has 2 unspecified atom stereocenters. The number of hydrogen-bond donors (Lipinski definition) is 0. The molecule has 0 aliphatic heterocycles. The summed E-state index contributed by atoms with van der Waals surface area (Å²) >= 11 is 3.51. The predicted molar refractivity (Wildman–Crippen MR) is 126 cm³/mol. The highest BCUT2D eigenvalue weighted by molar-refractivity contribution is 9.10. The van der Waals surface area contributed by atoms with Crippen LogP contribution in [-0.4, -0.2) is 19.0 Å². The van der Waals surface area contributed by atoms with E-state index in [0.717, 1.165) is 40.1 Å². The van der Waals surface area contributed by atoms with Crippen molar-refractivity contribution in [1.29, 1.82) is 0 Å². The van der Waals surface area contributed by atoms with Crippen LogP contribution in [0.5, 0.6) is 0 Å². The van der Waals surface area contributed by atoms with Gasteiger partial charge in [0.25, 0.3) is 0 Å². The van der Waals surface area contributed by atoms with Gasteiger partial charge in [-0.1, -0.05) is 72.8 Å². The fourth-order valence-electron chi connectivity index (χ4n) is 3.83. The number of rotatable bonds is 12. The van der Waals surface area contributed by atoms with Crippen molar-refractivity contribution in [1.82, 2.24) is 14.8 Å². The van der Waals surface area contributed by atoms with Crippen molar-refractivity contribution < 1.29 is 4.21 Å². The smallest absolute Gasteiger partial charge is 0.119 e. The van der Waals surface area contributed by atoms with Gasteiger partial charge in [0.05, 0.1) is 10.8 Å². The molecule has 2 atom stereocenters.